The predicted molar refractivity (Wildman–Crippen MR) is 106 cm³/mol. The van der Waals surface area contributed by atoms with Crippen LogP contribution in [-0.4, -0.2) is 31.6 Å². The molecule has 9 nitrogen and oxygen atoms in total. The SMILES string of the molecule is [O-]c1on[n+](-c2ccccc2)c1C1=Nn2c(COc3ccccc3Cl)nnc2SC1. The molecule has 0 N–H and O–H groups in total. The maximum Gasteiger partial charge on any atom is 0.287 e. The van der Waals surface area contributed by atoms with Crippen LogP contribution in [0.3, 0.4) is 0 Å². The fourth-order valence-corrected chi connectivity index (χ4v) is 3.93. The molecule has 0 atom stereocenters. The standard InChI is InChI=1S/C19H13ClN6O3S/c20-13-8-4-5-9-15(13)28-10-16-21-22-19-26(16)23-14(11-30-19)17-18(27)29-24-25(17)12-6-2-1-3-7-12/h1-9H,10-11H2. The molecule has 0 saturated carbocycles. The number of aromatic nitrogens is 5. The van der Waals surface area contributed by atoms with Crippen LogP contribution >= 0.6 is 23.4 Å². The van der Waals surface area contributed by atoms with Crippen LogP contribution in [0.5, 0.6) is 11.7 Å². The predicted octanol–water partition coefficient (Wildman–Crippen LogP) is 2.21. The second-order valence-corrected chi connectivity index (χ2v) is 7.57. The Labute approximate surface area is 179 Å². The molecule has 150 valence electrons. The van der Waals surface area contributed by atoms with E-state index in [2.05, 4.69) is 20.6 Å². The normalized spacial score (nSPS) is 13.0. The minimum atomic E-state index is -0.566. The Hall–Kier alpha value is -3.37. The summed E-state index contributed by atoms with van der Waals surface area (Å²) < 4.78 is 13.7. The lowest BCUT2D eigenvalue weighted by atomic mass is 10.2. The van der Waals surface area contributed by atoms with Crippen molar-refractivity contribution in [3.05, 3.63) is 71.1 Å². The third kappa shape index (κ3) is 3.40. The van der Waals surface area contributed by atoms with Gasteiger partial charge in [-0.2, -0.15) is 9.78 Å². The van der Waals surface area contributed by atoms with Crippen LogP contribution in [0, 0.1) is 0 Å². The highest BCUT2D eigenvalue weighted by atomic mass is 35.5. The second kappa shape index (κ2) is 7.81. The van der Waals surface area contributed by atoms with Gasteiger partial charge in [-0.1, -0.05) is 53.7 Å². The summed E-state index contributed by atoms with van der Waals surface area (Å²) in [7, 11) is 0. The summed E-state index contributed by atoms with van der Waals surface area (Å²) in [6, 6.07) is 16.4. The number of para-hydroxylation sites is 2. The number of thioether (sulfide) groups is 1. The van der Waals surface area contributed by atoms with E-state index in [0.29, 0.717) is 38.9 Å². The summed E-state index contributed by atoms with van der Waals surface area (Å²) in [5.41, 5.74) is 1.45. The number of nitrogens with zero attached hydrogens (tertiary/aromatic N) is 6. The Morgan fingerprint density at radius 3 is 2.77 bits per heavy atom. The molecule has 1 aliphatic heterocycles. The van der Waals surface area contributed by atoms with Crippen molar-refractivity contribution in [2.75, 3.05) is 5.75 Å². The molecule has 0 aliphatic carbocycles. The minimum absolute atomic E-state index is 0.112. The zero-order chi connectivity index (χ0) is 20.5. The summed E-state index contributed by atoms with van der Waals surface area (Å²) in [6.07, 6.45) is 0. The number of hydrogen-bond acceptors (Lipinski definition) is 8. The molecule has 0 bridgehead atoms. The van der Waals surface area contributed by atoms with Crippen molar-refractivity contribution in [1.29, 1.82) is 0 Å². The largest absolute Gasteiger partial charge is 0.539 e. The summed E-state index contributed by atoms with van der Waals surface area (Å²) >= 11 is 7.55. The van der Waals surface area contributed by atoms with Crippen molar-refractivity contribution in [1.82, 2.24) is 20.1 Å². The maximum absolute atomic E-state index is 12.4. The van der Waals surface area contributed by atoms with Gasteiger partial charge in [0.05, 0.1) is 16.0 Å². The minimum Gasteiger partial charge on any atom is -0.539 e. The van der Waals surface area contributed by atoms with Gasteiger partial charge < -0.3 is 14.4 Å². The van der Waals surface area contributed by atoms with Crippen molar-refractivity contribution in [2.45, 2.75) is 11.8 Å². The summed E-state index contributed by atoms with van der Waals surface area (Å²) in [6.45, 7) is 0.112. The van der Waals surface area contributed by atoms with Gasteiger partial charge in [-0.3, -0.25) is 0 Å². The average molecular weight is 441 g/mol. The van der Waals surface area contributed by atoms with Crippen molar-refractivity contribution in [2.24, 2.45) is 5.10 Å². The fraction of sp³-hybridized carbons (Fsp3) is 0.105. The lowest BCUT2D eigenvalue weighted by molar-refractivity contribution is -0.671. The lowest BCUT2D eigenvalue weighted by Gasteiger charge is -2.12. The van der Waals surface area contributed by atoms with Gasteiger partial charge in [-0.05, 0) is 16.8 Å². The van der Waals surface area contributed by atoms with Gasteiger partial charge in [0.2, 0.25) is 10.8 Å². The third-order valence-corrected chi connectivity index (χ3v) is 5.56. The molecular formula is C19H13ClN6O3S. The van der Waals surface area contributed by atoms with E-state index < -0.39 is 5.95 Å². The first-order valence-electron chi connectivity index (χ1n) is 8.88. The summed E-state index contributed by atoms with van der Waals surface area (Å²) in [5, 5.41) is 30.2. The second-order valence-electron chi connectivity index (χ2n) is 6.22. The maximum atomic E-state index is 12.4. The smallest absolute Gasteiger partial charge is 0.287 e. The molecule has 2 aromatic heterocycles. The van der Waals surface area contributed by atoms with Gasteiger partial charge in [0.15, 0.2) is 11.8 Å². The molecule has 11 heteroatoms. The number of benzene rings is 2. The molecule has 0 fully saturated rings. The Kier molecular flexibility index (Phi) is 4.85. The quantitative estimate of drug-likeness (QED) is 0.438. The van der Waals surface area contributed by atoms with Gasteiger partial charge in [-0.15, -0.1) is 10.2 Å². The number of hydrogen-bond donors (Lipinski definition) is 0. The molecule has 0 spiro atoms. The average Bonchev–Trinajstić information content (AvgIpc) is 3.36. The van der Waals surface area contributed by atoms with E-state index in [0.717, 1.165) is 0 Å². The topological polar surface area (TPSA) is 105 Å². The van der Waals surface area contributed by atoms with Gasteiger partial charge in [0, 0.05) is 12.1 Å². The number of halogens is 1. The van der Waals surface area contributed by atoms with Crippen molar-refractivity contribution in [3.63, 3.8) is 0 Å². The molecule has 2 aromatic carbocycles. The van der Waals surface area contributed by atoms with Gasteiger partial charge in [0.25, 0.3) is 5.69 Å². The number of rotatable bonds is 5. The number of ether oxygens (including phenoxy) is 1. The van der Waals surface area contributed by atoms with Crippen LogP contribution in [0.1, 0.15) is 11.5 Å². The Morgan fingerprint density at radius 1 is 1.13 bits per heavy atom. The van der Waals surface area contributed by atoms with E-state index in [1.54, 1.807) is 16.8 Å². The third-order valence-electron chi connectivity index (χ3n) is 4.31. The first-order valence-corrected chi connectivity index (χ1v) is 10.2. The zero-order valence-electron chi connectivity index (χ0n) is 15.3. The van der Waals surface area contributed by atoms with Crippen LogP contribution < -0.4 is 14.5 Å². The Balaban J connectivity index is 1.48. The molecule has 0 amide bonds. The first kappa shape index (κ1) is 18.6. The number of fused-ring (bicyclic) bond motifs is 1. The van der Waals surface area contributed by atoms with E-state index in [1.807, 2.05) is 42.5 Å². The summed E-state index contributed by atoms with van der Waals surface area (Å²) in [4.78, 5) is 0. The highest BCUT2D eigenvalue weighted by Crippen LogP contribution is 2.27. The molecule has 5 rings (SSSR count). The monoisotopic (exact) mass is 440 g/mol. The van der Waals surface area contributed by atoms with Crippen molar-refractivity contribution in [3.8, 4) is 17.4 Å². The molecular weight excluding hydrogens is 428 g/mol. The van der Waals surface area contributed by atoms with Gasteiger partial charge >= 0.3 is 0 Å². The van der Waals surface area contributed by atoms with E-state index in [-0.39, 0.29) is 12.3 Å². The van der Waals surface area contributed by atoms with E-state index >= 15 is 0 Å². The molecule has 0 radical (unpaired) electrons. The van der Waals surface area contributed by atoms with Crippen LogP contribution in [0.15, 0.2) is 69.4 Å². The van der Waals surface area contributed by atoms with E-state index in [1.165, 1.54) is 16.4 Å². The molecule has 4 aromatic rings. The molecule has 0 unspecified atom stereocenters. The van der Waals surface area contributed by atoms with Crippen molar-refractivity contribution < 1.29 is 19.0 Å². The summed E-state index contributed by atoms with van der Waals surface area (Å²) in [5.74, 6) is 0.868. The molecule has 1 aliphatic rings. The molecule has 0 saturated heterocycles. The molecule has 30 heavy (non-hydrogen) atoms. The van der Waals surface area contributed by atoms with Crippen LogP contribution in [0.2, 0.25) is 5.02 Å². The fourth-order valence-electron chi connectivity index (χ4n) is 2.91. The Bertz CT molecular complexity index is 1240. The Morgan fingerprint density at radius 2 is 1.93 bits per heavy atom. The van der Waals surface area contributed by atoms with Crippen molar-refractivity contribution >= 4 is 29.1 Å². The van der Waals surface area contributed by atoms with Gasteiger partial charge in [0.1, 0.15) is 18.1 Å². The first-order chi connectivity index (χ1) is 14.7. The van der Waals surface area contributed by atoms with E-state index in [9.17, 15) is 5.11 Å². The highest BCUT2D eigenvalue weighted by molar-refractivity contribution is 7.99. The molecule has 3 heterocycles. The lowest BCUT2D eigenvalue weighted by Crippen LogP contribution is -2.40. The van der Waals surface area contributed by atoms with E-state index in [4.69, 9.17) is 20.9 Å². The van der Waals surface area contributed by atoms with Crippen LogP contribution in [0.25, 0.3) is 5.69 Å². The highest BCUT2D eigenvalue weighted by Gasteiger charge is 2.30. The van der Waals surface area contributed by atoms with Crippen LogP contribution in [-0.2, 0) is 6.61 Å². The van der Waals surface area contributed by atoms with Crippen LogP contribution in [0.4, 0.5) is 0 Å². The van der Waals surface area contributed by atoms with Gasteiger partial charge in [-0.25, -0.2) is 0 Å². The zero-order valence-corrected chi connectivity index (χ0v) is 16.9.